The first-order valence-corrected chi connectivity index (χ1v) is 25.7. The Labute approximate surface area is 371 Å². The average Bonchev–Trinajstić information content (AvgIpc) is 3.20. The van der Waals surface area contributed by atoms with Crippen LogP contribution in [-0.4, -0.2) is 47.3 Å². The first-order valence-electron chi connectivity index (χ1n) is 25.7. The van der Waals surface area contributed by atoms with Gasteiger partial charge in [-0.15, -0.1) is 0 Å². The molecule has 0 aromatic rings. The monoisotopic (exact) mass is 853 g/mol. The van der Waals surface area contributed by atoms with Gasteiger partial charge in [-0.05, 0) is 63.2 Å². The molecule has 0 heterocycles. The number of esters is 2. The summed E-state index contributed by atoms with van der Waals surface area (Å²) in [4.78, 5) is 46.3. The Kier molecular flexibility index (Phi) is 44.9. The minimum absolute atomic E-state index is 0.0502. The van der Waals surface area contributed by atoms with Gasteiger partial charge in [0.1, 0.15) is 0 Å². The van der Waals surface area contributed by atoms with Crippen LogP contribution in [0.5, 0.6) is 0 Å². The van der Waals surface area contributed by atoms with Crippen molar-refractivity contribution in [2.75, 3.05) is 13.2 Å². The largest absolute Gasteiger partial charge is 0.481 e. The van der Waals surface area contributed by atoms with E-state index < -0.39 is 17.4 Å². The van der Waals surface area contributed by atoms with Gasteiger partial charge < -0.3 is 19.7 Å². The summed E-state index contributed by atoms with van der Waals surface area (Å²) in [5.74, 6) is 0.108. The number of hydrogen-bond acceptors (Lipinski definition) is 6. The summed E-state index contributed by atoms with van der Waals surface area (Å²) in [7, 11) is 0. The zero-order valence-corrected chi connectivity index (χ0v) is 40.6. The SMILES string of the molecule is CC(C)CCCCCOC(=O)CCCCCCCCC(=O)OCCCCCC(C)C.CCCCCCCCC(CCCCCCCC)(CCCCCCCC(=O)O)C(=O)O. The number of unbranched alkanes of at least 4 members (excludes halogenated alkanes) is 23. The molecule has 0 fully saturated rings. The molecule has 2 N–H and O–H groups in total. The standard InChI is InChI=1S/2C26H50O4/c1-23(2)17-11-9-15-21-29-25(27)19-13-7-5-6-8-14-20-26(28)30-22-16-10-12-18-24(3)4;1-3-5-7-9-13-17-21-26(25(29)30,22-18-14-10-8-6-4-2)23-19-15-11-12-16-20-24(27)28/h23-24H,5-22H2,1-4H3;3-23H2,1-2H3,(H,27,28)(H,29,30). The molecule has 0 spiro atoms. The van der Waals surface area contributed by atoms with Crippen molar-refractivity contribution < 1.29 is 38.9 Å². The Morgan fingerprint density at radius 2 is 0.700 bits per heavy atom. The summed E-state index contributed by atoms with van der Waals surface area (Å²) in [5, 5.41) is 18.9. The van der Waals surface area contributed by atoms with E-state index in [1.54, 1.807) is 0 Å². The lowest BCUT2D eigenvalue weighted by Gasteiger charge is -2.30. The zero-order valence-electron chi connectivity index (χ0n) is 40.6. The molecule has 0 saturated carbocycles. The predicted octanol–water partition coefficient (Wildman–Crippen LogP) is 16.0. The maximum absolute atomic E-state index is 12.3. The number of aliphatic carboxylic acids is 2. The molecule has 0 aliphatic heterocycles. The number of carbonyl (C=O) groups excluding carboxylic acids is 2. The van der Waals surface area contributed by atoms with E-state index in [0.29, 0.717) is 26.1 Å². The van der Waals surface area contributed by atoms with Crippen LogP contribution in [0.3, 0.4) is 0 Å². The lowest BCUT2D eigenvalue weighted by Crippen LogP contribution is -2.31. The van der Waals surface area contributed by atoms with Crippen molar-refractivity contribution in [3.63, 3.8) is 0 Å². The molecule has 0 saturated heterocycles. The van der Waals surface area contributed by atoms with Crippen molar-refractivity contribution in [1.29, 1.82) is 0 Å². The molecule has 0 atom stereocenters. The number of carboxylic acid groups (broad SMARTS) is 2. The van der Waals surface area contributed by atoms with Crippen LogP contribution in [0.25, 0.3) is 0 Å². The summed E-state index contributed by atoms with van der Waals surface area (Å²) in [6, 6.07) is 0. The minimum Gasteiger partial charge on any atom is -0.481 e. The van der Waals surface area contributed by atoms with E-state index in [1.807, 2.05) is 0 Å². The Balaban J connectivity index is 0. The maximum atomic E-state index is 12.3. The molecule has 0 rings (SSSR count). The third-order valence-electron chi connectivity index (χ3n) is 11.9. The van der Waals surface area contributed by atoms with Gasteiger partial charge >= 0.3 is 23.9 Å². The Hall–Kier alpha value is -2.12. The van der Waals surface area contributed by atoms with Crippen LogP contribution in [0.1, 0.15) is 279 Å². The fourth-order valence-corrected chi connectivity index (χ4v) is 7.88. The Morgan fingerprint density at radius 3 is 1.02 bits per heavy atom. The Bertz CT molecular complexity index is 923. The van der Waals surface area contributed by atoms with E-state index in [2.05, 4.69) is 41.5 Å². The zero-order chi connectivity index (χ0) is 45.0. The molecule has 0 aromatic heterocycles. The van der Waals surface area contributed by atoms with Crippen LogP contribution in [-0.2, 0) is 28.7 Å². The number of rotatable bonds is 44. The van der Waals surface area contributed by atoms with Crippen molar-refractivity contribution in [3.05, 3.63) is 0 Å². The summed E-state index contributed by atoms with van der Waals surface area (Å²) in [6.07, 6.45) is 38.2. The van der Waals surface area contributed by atoms with Gasteiger partial charge in [-0.2, -0.15) is 0 Å². The second-order valence-corrected chi connectivity index (χ2v) is 18.8. The van der Waals surface area contributed by atoms with E-state index in [0.717, 1.165) is 153 Å². The molecule has 0 aliphatic carbocycles. The summed E-state index contributed by atoms with van der Waals surface area (Å²) in [5.41, 5.74) is -0.545. The highest BCUT2D eigenvalue weighted by molar-refractivity contribution is 5.74. The molecule has 60 heavy (non-hydrogen) atoms. The highest BCUT2D eigenvalue weighted by Gasteiger charge is 2.36. The molecular formula is C52H100O8. The van der Waals surface area contributed by atoms with E-state index in [-0.39, 0.29) is 18.4 Å². The van der Waals surface area contributed by atoms with Crippen molar-refractivity contribution in [3.8, 4) is 0 Å². The van der Waals surface area contributed by atoms with Crippen molar-refractivity contribution in [1.82, 2.24) is 0 Å². The highest BCUT2D eigenvalue weighted by atomic mass is 16.5. The normalized spacial score (nSPS) is 11.5. The number of hydrogen-bond donors (Lipinski definition) is 2. The molecule has 8 nitrogen and oxygen atoms in total. The Morgan fingerprint density at radius 1 is 0.400 bits per heavy atom. The van der Waals surface area contributed by atoms with Crippen LogP contribution >= 0.6 is 0 Å². The molecule has 8 heteroatoms. The predicted molar refractivity (Wildman–Crippen MR) is 251 cm³/mol. The number of carboxylic acids is 2. The van der Waals surface area contributed by atoms with Gasteiger partial charge in [0, 0.05) is 19.3 Å². The molecule has 0 unspecified atom stereocenters. The lowest BCUT2D eigenvalue weighted by molar-refractivity contribution is -0.151. The summed E-state index contributed by atoms with van der Waals surface area (Å²) in [6.45, 7) is 14.6. The fraction of sp³-hybridized carbons (Fsp3) is 0.923. The molecule has 0 radical (unpaired) electrons. The van der Waals surface area contributed by atoms with Crippen LogP contribution in [0.2, 0.25) is 0 Å². The van der Waals surface area contributed by atoms with Crippen LogP contribution in [0.15, 0.2) is 0 Å². The van der Waals surface area contributed by atoms with Crippen molar-refractivity contribution in [2.24, 2.45) is 17.3 Å². The minimum atomic E-state index is -0.724. The molecule has 356 valence electrons. The van der Waals surface area contributed by atoms with Crippen LogP contribution < -0.4 is 0 Å². The van der Waals surface area contributed by atoms with Crippen molar-refractivity contribution in [2.45, 2.75) is 279 Å². The van der Waals surface area contributed by atoms with Gasteiger partial charge in [-0.3, -0.25) is 19.2 Å². The first kappa shape index (κ1) is 60.0. The summed E-state index contributed by atoms with van der Waals surface area (Å²) >= 11 is 0. The number of ether oxygens (including phenoxy) is 2. The van der Waals surface area contributed by atoms with Gasteiger partial charge in [0.2, 0.25) is 0 Å². The van der Waals surface area contributed by atoms with Crippen LogP contribution in [0, 0.1) is 17.3 Å². The second-order valence-electron chi connectivity index (χ2n) is 18.8. The van der Waals surface area contributed by atoms with Crippen LogP contribution in [0.4, 0.5) is 0 Å². The fourth-order valence-electron chi connectivity index (χ4n) is 7.88. The van der Waals surface area contributed by atoms with Gasteiger partial charge in [0.05, 0.1) is 18.6 Å². The van der Waals surface area contributed by atoms with Gasteiger partial charge in [0.15, 0.2) is 0 Å². The maximum Gasteiger partial charge on any atom is 0.309 e. The third-order valence-corrected chi connectivity index (χ3v) is 11.9. The highest BCUT2D eigenvalue weighted by Crippen LogP contribution is 2.38. The average molecular weight is 853 g/mol. The molecular weight excluding hydrogens is 753 g/mol. The van der Waals surface area contributed by atoms with E-state index >= 15 is 0 Å². The van der Waals surface area contributed by atoms with Gasteiger partial charge in [-0.1, -0.05) is 208 Å². The van der Waals surface area contributed by atoms with Gasteiger partial charge in [0.25, 0.3) is 0 Å². The first-order chi connectivity index (χ1) is 28.9. The van der Waals surface area contributed by atoms with Gasteiger partial charge in [-0.25, -0.2) is 0 Å². The molecule has 0 aliphatic rings. The van der Waals surface area contributed by atoms with E-state index in [4.69, 9.17) is 14.6 Å². The lowest BCUT2D eigenvalue weighted by atomic mass is 9.74. The topological polar surface area (TPSA) is 127 Å². The molecule has 0 amide bonds. The molecule has 0 aromatic carbocycles. The summed E-state index contributed by atoms with van der Waals surface area (Å²) < 4.78 is 10.6. The molecule has 0 bridgehead atoms. The van der Waals surface area contributed by atoms with E-state index in [9.17, 15) is 24.3 Å². The smallest absolute Gasteiger partial charge is 0.309 e. The number of carbonyl (C=O) groups is 4. The third kappa shape index (κ3) is 44.0. The van der Waals surface area contributed by atoms with E-state index in [1.165, 1.54) is 77.0 Å². The quantitative estimate of drug-likeness (QED) is 0.0458. The van der Waals surface area contributed by atoms with Crippen molar-refractivity contribution >= 4 is 23.9 Å². The second kappa shape index (κ2) is 44.9.